The summed E-state index contributed by atoms with van der Waals surface area (Å²) in [5.74, 6) is 0.00328. The van der Waals surface area contributed by atoms with Gasteiger partial charge in [0.2, 0.25) is 0 Å². The van der Waals surface area contributed by atoms with Crippen molar-refractivity contribution in [2.45, 2.75) is 6.92 Å². The van der Waals surface area contributed by atoms with E-state index in [9.17, 15) is 10.4 Å². The molecule has 2 aromatic rings. The quantitative estimate of drug-likeness (QED) is 0.536. The van der Waals surface area contributed by atoms with Crippen molar-refractivity contribution in [1.82, 2.24) is 0 Å². The molecule has 2 aromatic carbocycles. The Balaban J connectivity index is 2.79. The minimum Gasteiger partial charge on any atom is -0.511 e. The van der Waals surface area contributed by atoms with Crippen molar-refractivity contribution < 1.29 is 5.11 Å². The van der Waals surface area contributed by atoms with E-state index in [0.29, 0.717) is 5.31 Å². The van der Waals surface area contributed by atoms with E-state index in [4.69, 9.17) is 11.8 Å². The van der Waals surface area contributed by atoms with E-state index in [-0.39, 0.29) is 5.76 Å². The summed E-state index contributed by atoms with van der Waals surface area (Å²) in [6, 6.07) is 18.8. The van der Waals surface area contributed by atoms with Crippen LogP contribution in [0.4, 0.5) is 0 Å². The first-order chi connectivity index (χ1) is 9.60. The second-order valence-corrected chi connectivity index (χ2v) is 8.67. The maximum Gasteiger partial charge on any atom is 0.109 e. The Morgan fingerprint density at radius 2 is 1.40 bits per heavy atom. The fourth-order valence-corrected chi connectivity index (χ4v) is 5.91. The molecule has 2 rings (SSSR count). The van der Waals surface area contributed by atoms with Crippen LogP contribution in [0.2, 0.25) is 0 Å². The molecular formula is C16H14NOPS. The number of benzene rings is 2. The van der Waals surface area contributed by atoms with E-state index in [1.807, 2.05) is 60.7 Å². The number of nitriles is 1. The number of hydrogen-bond acceptors (Lipinski definition) is 3. The van der Waals surface area contributed by atoms with Crippen molar-refractivity contribution in [2.75, 3.05) is 0 Å². The van der Waals surface area contributed by atoms with Gasteiger partial charge in [-0.3, -0.25) is 0 Å². The van der Waals surface area contributed by atoms with E-state index in [1.165, 1.54) is 6.92 Å². The molecule has 0 atom stereocenters. The minimum absolute atomic E-state index is 0.00328. The second kappa shape index (κ2) is 6.05. The van der Waals surface area contributed by atoms with Gasteiger partial charge in [-0.25, -0.2) is 0 Å². The Bertz CT molecular complexity index is 670. The molecule has 2 nitrogen and oxygen atoms in total. The van der Waals surface area contributed by atoms with Crippen LogP contribution in [0, 0.1) is 11.3 Å². The molecule has 0 saturated carbocycles. The third-order valence-electron chi connectivity index (χ3n) is 3.00. The van der Waals surface area contributed by atoms with Gasteiger partial charge in [0.15, 0.2) is 0 Å². The van der Waals surface area contributed by atoms with Gasteiger partial charge in [-0.15, -0.1) is 0 Å². The minimum atomic E-state index is -2.49. The first-order valence-electron chi connectivity index (χ1n) is 6.12. The zero-order valence-corrected chi connectivity index (χ0v) is 12.7. The number of allylic oxidation sites excluding steroid dienone is 2. The van der Waals surface area contributed by atoms with Gasteiger partial charge in [0.1, 0.15) is 17.1 Å². The third-order valence-corrected chi connectivity index (χ3v) is 7.92. The van der Waals surface area contributed by atoms with Crippen LogP contribution in [-0.4, -0.2) is 5.11 Å². The molecule has 0 spiro atoms. The van der Waals surface area contributed by atoms with Crippen LogP contribution in [0.3, 0.4) is 0 Å². The van der Waals surface area contributed by atoms with E-state index in [1.54, 1.807) is 0 Å². The Kier molecular flexibility index (Phi) is 4.39. The molecule has 20 heavy (non-hydrogen) atoms. The van der Waals surface area contributed by atoms with Gasteiger partial charge < -0.3 is 5.11 Å². The number of rotatable bonds is 3. The van der Waals surface area contributed by atoms with Crippen LogP contribution < -0.4 is 10.6 Å². The SMILES string of the molecule is C/C(O)=C(/C#N)P(=S)(c1ccccc1)c1ccccc1. The van der Waals surface area contributed by atoms with Gasteiger partial charge in [-0.2, -0.15) is 5.26 Å². The lowest BCUT2D eigenvalue weighted by Crippen LogP contribution is -2.17. The first kappa shape index (κ1) is 14.5. The fourth-order valence-electron chi connectivity index (χ4n) is 2.06. The van der Waals surface area contributed by atoms with Crippen LogP contribution in [0.1, 0.15) is 6.92 Å². The molecule has 0 aliphatic heterocycles. The van der Waals surface area contributed by atoms with Crippen molar-refractivity contribution in [3.05, 3.63) is 71.7 Å². The second-order valence-electron chi connectivity index (χ2n) is 4.33. The van der Waals surface area contributed by atoms with Crippen molar-refractivity contribution in [2.24, 2.45) is 0 Å². The number of hydrogen-bond donors (Lipinski definition) is 1. The summed E-state index contributed by atoms with van der Waals surface area (Å²) in [6.07, 6.45) is 0. The Morgan fingerprint density at radius 3 is 1.70 bits per heavy atom. The molecule has 0 radical (unpaired) electrons. The molecule has 0 unspecified atom stereocenters. The number of nitrogens with zero attached hydrogens (tertiary/aromatic N) is 1. The molecule has 0 fully saturated rings. The van der Waals surface area contributed by atoms with Crippen LogP contribution >= 0.6 is 6.04 Å². The molecule has 100 valence electrons. The number of aliphatic hydroxyl groups is 1. The molecule has 0 aliphatic carbocycles. The van der Waals surface area contributed by atoms with E-state index in [2.05, 4.69) is 6.07 Å². The average molecular weight is 299 g/mol. The topological polar surface area (TPSA) is 44.0 Å². The highest BCUT2D eigenvalue weighted by Crippen LogP contribution is 2.52. The van der Waals surface area contributed by atoms with Gasteiger partial charge in [0.25, 0.3) is 0 Å². The zero-order chi connectivity index (χ0) is 14.6. The van der Waals surface area contributed by atoms with Crippen molar-refractivity contribution in [1.29, 1.82) is 5.26 Å². The predicted molar refractivity (Wildman–Crippen MR) is 87.4 cm³/mol. The van der Waals surface area contributed by atoms with Crippen molar-refractivity contribution >= 4 is 28.5 Å². The Labute approximate surface area is 124 Å². The Morgan fingerprint density at radius 1 is 1.00 bits per heavy atom. The maximum absolute atomic E-state index is 9.89. The first-order valence-corrected chi connectivity index (χ1v) is 8.92. The summed E-state index contributed by atoms with van der Waals surface area (Å²) in [5.41, 5.74) is 0. The molecule has 0 amide bonds. The van der Waals surface area contributed by atoms with Gasteiger partial charge in [-0.05, 0) is 17.5 Å². The normalized spacial score (nSPS) is 12.4. The lowest BCUT2D eigenvalue weighted by molar-refractivity contribution is 0.413. The summed E-state index contributed by atoms with van der Waals surface area (Å²) in [7, 11) is 0. The van der Waals surface area contributed by atoms with Crippen LogP contribution in [0.15, 0.2) is 71.7 Å². The molecule has 0 heterocycles. The van der Waals surface area contributed by atoms with Crippen LogP contribution in [0.25, 0.3) is 0 Å². The summed E-state index contributed by atoms with van der Waals surface area (Å²) in [6.45, 7) is 1.52. The zero-order valence-electron chi connectivity index (χ0n) is 11.0. The lowest BCUT2D eigenvalue weighted by atomic mass is 10.4. The largest absolute Gasteiger partial charge is 0.511 e. The summed E-state index contributed by atoms with van der Waals surface area (Å²) >= 11 is 5.90. The van der Waals surface area contributed by atoms with Gasteiger partial charge in [0, 0.05) is 0 Å². The van der Waals surface area contributed by atoms with E-state index >= 15 is 0 Å². The monoisotopic (exact) mass is 299 g/mol. The molecule has 4 heteroatoms. The van der Waals surface area contributed by atoms with Gasteiger partial charge >= 0.3 is 0 Å². The van der Waals surface area contributed by atoms with E-state index < -0.39 is 6.04 Å². The molecule has 0 aromatic heterocycles. The molecule has 0 bridgehead atoms. The third kappa shape index (κ3) is 2.54. The molecule has 0 saturated heterocycles. The highest BCUT2D eigenvalue weighted by molar-refractivity contribution is 8.24. The smallest absolute Gasteiger partial charge is 0.109 e. The predicted octanol–water partition coefficient (Wildman–Crippen LogP) is 3.43. The average Bonchev–Trinajstić information content (AvgIpc) is 2.49. The molecular weight excluding hydrogens is 285 g/mol. The highest BCUT2D eigenvalue weighted by atomic mass is 32.4. The van der Waals surface area contributed by atoms with E-state index in [0.717, 1.165) is 10.6 Å². The van der Waals surface area contributed by atoms with Crippen LogP contribution in [-0.2, 0) is 11.8 Å². The lowest BCUT2D eigenvalue weighted by Gasteiger charge is -2.23. The summed E-state index contributed by atoms with van der Waals surface area (Å²) < 4.78 is 0. The standard InChI is InChI=1S/C16H14NOPS/c1-13(18)16(12-17)19(20,14-8-4-2-5-9-14)15-10-6-3-7-11-15/h2-11,18H,1H3/b16-13+. The molecule has 1 N–H and O–H groups in total. The van der Waals surface area contributed by atoms with Crippen LogP contribution in [0.5, 0.6) is 0 Å². The number of aliphatic hydroxyl groups excluding tert-OH is 1. The highest BCUT2D eigenvalue weighted by Gasteiger charge is 2.29. The maximum atomic E-state index is 9.89. The summed E-state index contributed by atoms with van der Waals surface area (Å²) in [4.78, 5) is 0. The summed E-state index contributed by atoms with van der Waals surface area (Å²) in [5, 5.41) is 21.4. The fraction of sp³-hybridized carbons (Fsp3) is 0.0625. The Hall–Kier alpha value is -1.88. The van der Waals surface area contributed by atoms with Crippen molar-refractivity contribution in [3.63, 3.8) is 0 Å². The van der Waals surface area contributed by atoms with Gasteiger partial charge in [-0.1, -0.05) is 72.5 Å². The molecule has 0 aliphatic rings. The van der Waals surface area contributed by atoms with Crippen molar-refractivity contribution in [3.8, 4) is 6.07 Å². The van der Waals surface area contributed by atoms with Gasteiger partial charge in [0.05, 0.1) is 6.04 Å².